The summed E-state index contributed by atoms with van der Waals surface area (Å²) >= 11 is 0. The van der Waals surface area contributed by atoms with Crippen LogP contribution in [-0.4, -0.2) is 49.6 Å². The lowest BCUT2D eigenvalue weighted by molar-refractivity contribution is -0.384. The zero-order chi connectivity index (χ0) is 23.1. The van der Waals surface area contributed by atoms with Crippen molar-refractivity contribution >= 4 is 40.9 Å². The fourth-order valence-corrected chi connectivity index (χ4v) is 2.43. The van der Waals surface area contributed by atoms with Crippen LogP contribution in [0.3, 0.4) is 0 Å². The smallest absolute Gasteiger partial charge is 0.340 e. The number of nitrogens with two attached hydrogens (primary N) is 1. The van der Waals surface area contributed by atoms with Gasteiger partial charge >= 0.3 is 17.9 Å². The average Bonchev–Trinajstić information content (AvgIpc) is 2.75. The first-order chi connectivity index (χ1) is 14.7. The molecule has 0 aliphatic heterocycles. The van der Waals surface area contributed by atoms with Crippen LogP contribution in [0.15, 0.2) is 36.4 Å². The molecule has 0 unspecified atom stereocenters. The number of nitro benzene ring substituents is 1. The van der Waals surface area contributed by atoms with E-state index in [2.05, 4.69) is 14.8 Å². The number of non-ortho nitro benzene ring substituents is 1. The van der Waals surface area contributed by atoms with Crippen LogP contribution in [0.4, 0.5) is 17.1 Å². The number of rotatable bonds is 7. The molecule has 0 aliphatic rings. The lowest BCUT2D eigenvalue weighted by Gasteiger charge is -2.10. The van der Waals surface area contributed by atoms with Gasteiger partial charge in [-0.2, -0.15) is 0 Å². The molecule has 0 saturated heterocycles. The summed E-state index contributed by atoms with van der Waals surface area (Å²) in [7, 11) is 2.30. The topological polar surface area (TPSA) is 177 Å². The summed E-state index contributed by atoms with van der Waals surface area (Å²) in [5.74, 6) is -3.25. The van der Waals surface area contributed by atoms with E-state index in [1.807, 2.05) is 0 Å². The second kappa shape index (κ2) is 9.82. The van der Waals surface area contributed by atoms with E-state index < -0.39 is 35.3 Å². The molecule has 0 radical (unpaired) electrons. The first-order valence-electron chi connectivity index (χ1n) is 8.49. The Morgan fingerprint density at radius 3 is 2.03 bits per heavy atom. The Morgan fingerprint density at radius 2 is 1.55 bits per heavy atom. The first-order valence-corrected chi connectivity index (χ1v) is 8.49. The van der Waals surface area contributed by atoms with Crippen molar-refractivity contribution in [2.75, 3.05) is 31.9 Å². The van der Waals surface area contributed by atoms with Crippen molar-refractivity contribution in [3.05, 3.63) is 63.2 Å². The molecule has 0 spiro atoms. The van der Waals surface area contributed by atoms with Gasteiger partial charge in [-0.15, -0.1) is 0 Å². The van der Waals surface area contributed by atoms with Crippen LogP contribution in [0.1, 0.15) is 31.1 Å². The molecule has 31 heavy (non-hydrogen) atoms. The number of nitrogens with one attached hydrogen (secondary N) is 1. The summed E-state index contributed by atoms with van der Waals surface area (Å²) in [6.07, 6.45) is 0. The number of carbonyl (C=O) groups excluding carboxylic acids is 4. The van der Waals surface area contributed by atoms with Crippen molar-refractivity contribution < 1.29 is 38.3 Å². The number of nitrogen functional groups attached to an aromatic ring is 1. The quantitative estimate of drug-likeness (QED) is 0.215. The van der Waals surface area contributed by atoms with Gasteiger partial charge in [-0.3, -0.25) is 14.9 Å². The van der Waals surface area contributed by atoms with Crippen LogP contribution >= 0.6 is 0 Å². The third kappa shape index (κ3) is 5.76. The Balaban J connectivity index is 2.10. The molecule has 12 nitrogen and oxygen atoms in total. The molecule has 2 rings (SSSR count). The fraction of sp³-hybridized carbons (Fsp3) is 0.158. The number of esters is 3. The van der Waals surface area contributed by atoms with Gasteiger partial charge in [-0.25, -0.2) is 14.4 Å². The molecule has 162 valence electrons. The minimum atomic E-state index is -0.971. The third-order valence-electron chi connectivity index (χ3n) is 3.86. The Labute approximate surface area is 175 Å². The molecule has 3 N–H and O–H groups in total. The monoisotopic (exact) mass is 431 g/mol. The molecular formula is C19H17N3O9. The first kappa shape index (κ1) is 22.8. The number of hydrogen-bond donors (Lipinski definition) is 2. The van der Waals surface area contributed by atoms with Gasteiger partial charge in [0.25, 0.3) is 11.6 Å². The van der Waals surface area contributed by atoms with Gasteiger partial charge in [-0.1, -0.05) is 0 Å². The summed E-state index contributed by atoms with van der Waals surface area (Å²) in [5, 5.41) is 13.1. The van der Waals surface area contributed by atoms with E-state index in [1.165, 1.54) is 18.2 Å². The van der Waals surface area contributed by atoms with E-state index in [1.54, 1.807) is 0 Å². The highest BCUT2D eigenvalue weighted by Gasteiger charge is 2.18. The molecule has 0 aromatic heterocycles. The number of carbonyl (C=O) groups is 4. The highest BCUT2D eigenvalue weighted by molar-refractivity contribution is 6.01. The highest BCUT2D eigenvalue weighted by Crippen LogP contribution is 2.21. The van der Waals surface area contributed by atoms with E-state index >= 15 is 0 Å². The van der Waals surface area contributed by atoms with E-state index in [0.29, 0.717) is 0 Å². The molecule has 1 amide bonds. The second-order valence-electron chi connectivity index (χ2n) is 5.94. The number of hydrogen-bond acceptors (Lipinski definition) is 10. The number of benzene rings is 2. The van der Waals surface area contributed by atoms with Crippen molar-refractivity contribution in [1.29, 1.82) is 0 Å². The molecule has 0 bridgehead atoms. The summed E-state index contributed by atoms with van der Waals surface area (Å²) in [6.45, 7) is -0.731. The molecule has 0 atom stereocenters. The lowest BCUT2D eigenvalue weighted by Crippen LogP contribution is -2.22. The molecule has 0 aliphatic carbocycles. The highest BCUT2D eigenvalue weighted by atomic mass is 16.6. The Bertz CT molecular complexity index is 1030. The normalized spacial score (nSPS) is 10.0. The minimum Gasteiger partial charge on any atom is -0.465 e. The van der Waals surface area contributed by atoms with Crippen molar-refractivity contribution in [2.45, 2.75) is 0 Å². The van der Waals surface area contributed by atoms with Gasteiger partial charge in [0.2, 0.25) is 0 Å². The number of ether oxygens (including phenoxy) is 3. The molecule has 2 aromatic rings. The van der Waals surface area contributed by atoms with Crippen molar-refractivity contribution in [1.82, 2.24) is 0 Å². The lowest BCUT2D eigenvalue weighted by atomic mass is 10.1. The summed E-state index contributed by atoms with van der Waals surface area (Å²) in [5.41, 5.74) is 4.99. The molecular weight excluding hydrogens is 414 g/mol. The number of nitrogens with zero attached hydrogens (tertiary/aromatic N) is 1. The molecule has 2 aromatic carbocycles. The van der Waals surface area contributed by atoms with Gasteiger partial charge in [0.1, 0.15) is 0 Å². The zero-order valence-electron chi connectivity index (χ0n) is 16.4. The van der Waals surface area contributed by atoms with Crippen molar-refractivity contribution in [3.8, 4) is 0 Å². The fourth-order valence-electron chi connectivity index (χ4n) is 2.43. The molecule has 0 fully saturated rings. The summed E-state index contributed by atoms with van der Waals surface area (Å²) < 4.78 is 14.1. The minimum absolute atomic E-state index is 0.0173. The van der Waals surface area contributed by atoms with Gasteiger partial charge < -0.3 is 25.3 Å². The molecule has 12 heteroatoms. The number of amides is 1. The van der Waals surface area contributed by atoms with Gasteiger partial charge in [0.15, 0.2) is 6.61 Å². The van der Waals surface area contributed by atoms with Gasteiger partial charge in [0.05, 0.1) is 41.5 Å². The van der Waals surface area contributed by atoms with Crippen molar-refractivity contribution in [3.63, 3.8) is 0 Å². The van der Waals surface area contributed by atoms with E-state index in [-0.39, 0.29) is 33.8 Å². The van der Waals surface area contributed by atoms with Crippen LogP contribution in [0.5, 0.6) is 0 Å². The van der Waals surface area contributed by atoms with Crippen LogP contribution in [0.2, 0.25) is 0 Å². The maximum atomic E-state index is 12.1. The third-order valence-corrected chi connectivity index (χ3v) is 3.86. The van der Waals surface area contributed by atoms with E-state index in [0.717, 1.165) is 32.4 Å². The van der Waals surface area contributed by atoms with Crippen molar-refractivity contribution in [2.24, 2.45) is 0 Å². The maximum Gasteiger partial charge on any atom is 0.340 e. The SMILES string of the molecule is COC(=O)c1cc(NC(=O)COC(=O)c2ccc([N+](=O)[O-])cc2N)cc(C(=O)OC)c1. The summed E-state index contributed by atoms with van der Waals surface area (Å²) in [4.78, 5) is 57.8. The zero-order valence-corrected chi connectivity index (χ0v) is 16.4. The molecule has 0 heterocycles. The molecule has 0 saturated carbocycles. The van der Waals surface area contributed by atoms with Crippen LogP contribution in [0, 0.1) is 10.1 Å². The van der Waals surface area contributed by atoms with Crippen LogP contribution in [0.25, 0.3) is 0 Å². The predicted octanol–water partition coefficient (Wildman–Crippen LogP) is 1.55. The largest absolute Gasteiger partial charge is 0.465 e. The predicted molar refractivity (Wildman–Crippen MR) is 106 cm³/mol. The van der Waals surface area contributed by atoms with Crippen LogP contribution < -0.4 is 11.1 Å². The Kier molecular flexibility index (Phi) is 7.23. The maximum absolute atomic E-state index is 12.1. The van der Waals surface area contributed by atoms with Crippen LogP contribution in [-0.2, 0) is 19.0 Å². The second-order valence-corrected chi connectivity index (χ2v) is 5.94. The Morgan fingerprint density at radius 1 is 0.968 bits per heavy atom. The summed E-state index contributed by atoms with van der Waals surface area (Å²) in [6, 6.07) is 6.91. The number of methoxy groups -OCH3 is 2. The van der Waals surface area contributed by atoms with Gasteiger partial charge in [-0.05, 0) is 24.3 Å². The average molecular weight is 431 g/mol. The number of anilines is 2. The Hall–Kier alpha value is -4.48. The number of nitro groups is 1. The van der Waals surface area contributed by atoms with Gasteiger partial charge in [0, 0.05) is 17.8 Å². The van der Waals surface area contributed by atoms with E-state index in [9.17, 15) is 29.3 Å². The van der Waals surface area contributed by atoms with E-state index in [4.69, 9.17) is 10.5 Å². The standard InChI is InChI=1S/C19H17N3O9/c1-29-17(24)10-5-11(18(25)30-2)7-12(6-10)21-16(23)9-31-19(26)14-4-3-13(22(27)28)8-15(14)20/h3-8H,9,20H2,1-2H3,(H,21,23).